The first-order valence-electron chi connectivity index (χ1n) is 7.14. The maximum absolute atomic E-state index is 9.56. The number of aliphatic hydroxyl groups excluding tert-OH is 1. The zero-order valence-corrected chi connectivity index (χ0v) is 10.8. The minimum absolute atomic E-state index is 0.139. The van der Waals surface area contributed by atoms with E-state index in [1.807, 2.05) is 0 Å². The predicted molar refractivity (Wildman–Crippen MR) is 67.6 cm³/mol. The van der Waals surface area contributed by atoms with Gasteiger partial charge in [-0.2, -0.15) is 0 Å². The third-order valence-electron chi connectivity index (χ3n) is 3.50. The molecule has 0 spiro atoms. The van der Waals surface area contributed by atoms with E-state index in [1.165, 1.54) is 38.5 Å². The van der Waals surface area contributed by atoms with E-state index in [2.05, 4.69) is 6.92 Å². The number of hydrogen-bond acceptors (Lipinski definition) is 2. The molecule has 0 radical (unpaired) electrons. The van der Waals surface area contributed by atoms with Crippen LogP contribution in [0.25, 0.3) is 0 Å². The smallest absolute Gasteiger partial charge is 0.0833 e. The van der Waals surface area contributed by atoms with Gasteiger partial charge in [0.15, 0.2) is 0 Å². The molecule has 1 aliphatic rings. The van der Waals surface area contributed by atoms with Crippen molar-refractivity contribution in [2.24, 2.45) is 0 Å². The molecule has 96 valence electrons. The van der Waals surface area contributed by atoms with E-state index in [4.69, 9.17) is 4.74 Å². The van der Waals surface area contributed by atoms with Crippen LogP contribution in [0.3, 0.4) is 0 Å². The van der Waals surface area contributed by atoms with Gasteiger partial charge < -0.3 is 9.84 Å². The van der Waals surface area contributed by atoms with Crippen LogP contribution in [0.4, 0.5) is 0 Å². The highest BCUT2D eigenvalue weighted by atomic mass is 16.5. The third-order valence-corrected chi connectivity index (χ3v) is 3.50. The van der Waals surface area contributed by atoms with E-state index in [1.54, 1.807) is 0 Å². The van der Waals surface area contributed by atoms with Crippen LogP contribution in [0.2, 0.25) is 0 Å². The van der Waals surface area contributed by atoms with Gasteiger partial charge in [0.2, 0.25) is 0 Å². The quantitative estimate of drug-likeness (QED) is 0.610. The second kappa shape index (κ2) is 9.00. The Morgan fingerprint density at radius 3 is 2.31 bits per heavy atom. The summed E-state index contributed by atoms with van der Waals surface area (Å²) >= 11 is 0. The summed E-state index contributed by atoms with van der Waals surface area (Å²) in [7, 11) is 0. The number of rotatable bonds is 9. The normalized spacial score (nSPS) is 25.1. The fourth-order valence-corrected chi connectivity index (χ4v) is 2.39. The summed E-state index contributed by atoms with van der Waals surface area (Å²) in [6, 6.07) is 0. The molecule has 2 unspecified atom stereocenters. The van der Waals surface area contributed by atoms with Crippen LogP contribution >= 0.6 is 0 Å². The Kier molecular flexibility index (Phi) is 7.87. The van der Waals surface area contributed by atoms with Gasteiger partial charge in [0, 0.05) is 6.61 Å². The summed E-state index contributed by atoms with van der Waals surface area (Å²) < 4.78 is 5.69. The van der Waals surface area contributed by atoms with Gasteiger partial charge in [0.05, 0.1) is 12.2 Å². The topological polar surface area (TPSA) is 29.5 Å². The lowest BCUT2D eigenvalue weighted by molar-refractivity contribution is -0.0197. The van der Waals surface area contributed by atoms with Gasteiger partial charge in [0.25, 0.3) is 0 Å². The van der Waals surface area contributed by atoms with Crippen molar-refractivity contribution in [3.8, 4) is 0 Å². The highest BCUT2D eigenvalue weighted by Gasteiger charge is 2.25. The van der Waals surface area contributed by atoms with E-state index >= 15 is 0 Å². The number of hydrogen-bond donors (Lipinski definition) is 1. The molecule has 1 N–H and O–H groups in total. The molecule has 1 rings (SSSR count). The second-order valence-electron chi connectivity index (χ2n) is 5.03. The molecular weight excluding hydrogens is 200 g/mol. The van der Waals surface area contributed by atoms with Gasteiger partial charge in [0.1, 0.15) is 0 Å². The molecule has 0 saturated heterocycles. The Morgan fingerprint density at radius 1 is 1.00 bits per heavy atom. The van der Waals surface area contributed by atoms with E-state index in [0.29, 0.717) is 0 Å². The second-order valence-corrected chi connectivity index (χ2v) is 5.03. The molecule has 0 heterocycles. The van der Waals surface area contributed by atoms with Crippen LogP contribution in [0.5, 0.6) is 0 Å². The molecule has 1 aliphatic carbocycles. The Balaban J connectivity index is 1.81. The van der Waals surface area contributed by atoms with E-state index in [9.17, 15) is 5.11 Å². The van der Waals surface area contributed by atoms with Gasteiger partial charge in [-0.3, -0.25) is 0 Å². The lowest BCUT2D eigenvalue weighted by Crippen LogP contribution is -2.23. The summed E-state index contributed by atoms with van der Waals surface area (Å²) in [5, 5.41) is 9.56. The number of ether oxygens (including phenoxy) is 1. The standard InChI is InChI=1S/C14H28O2/c1-2-3-4-5-6-7-8-12-16-14-11-9-10-13(14)15/h13-15H,2-12H2,1H3. The first kappa shape index (κ1) is 14.0. The lowest BCUT2D eigenvalue weighted by Gasteiger charge is -2.15. The van der Waals surface area contributed by atoms with Crippen molar-refractivity contribution in [3.05, 3.63) is 0 Å². The fraction of sp³-hybridized carbons (Fsp3) is 1.00. The van der Waals surface area contributed by atoms with Crippen LogP contribution in [-0.4, -0.2) is 23.9 Å². The van der Waals surface area contributed by atoms with Gasteiger partial charge in [-0.05, 0) is 25.7 Å². The van der Waals surface area contributed by atoms with Gasteiger partial charge >= 0.3 is 0 Å². The molecule has 0 aromatic rings. The maximum Gasteiger partial charge on any atom is 0.0833 e. The molecule has 0 aromatic heterocycles. The minimum atomic E-state index is -0.190. The summed E-state index contributed by atoms with van der Waals surface area (Å²) in [4.78, 5) is 0. The Hall–Kier alpha value is -0.0800. The van der Waals surface area contributed by atoms with Crippen LogP contribution in [0, 0.1) is 0 Å². The average molecular weight is 228 g/mol. The van der Waals surface area contributed by atoms with Crippen LogP contribution in [0.15, 0.2) is 0 Å². The predicted octanol–water partition coefficient (Wildman–Crippen LogP) is 3.67. The highest BCUT2D eigenvalue weighted by Crippen LogP contribution is 2.22. The van der Waals surface area contributed by atoms with Crippen LogP contribution < -0.4 is 0 Å². The molecule has 0 aliphatic heterocycles. The number of aliphatic hydroxyl groups is 1. The molecule has 2 nitrogen and oxygen atoms in total. The highest BCUT2D eigenvalue weighted by molar-refractivity contribution is 4.76. The van der Waals surface area contributed by atoms with Crippen LogP contribution in [0.1, 0.15) is 71.1 Å². The average Bonchev–Trinajstić information content (AvgIpc) is 2.68. The minimum Gasteiger partial charge on any atom is -0.390 e. The molecule has 16 heavy (non-hydrogen) atoms. The van der Waals surface area contributed by atoms with Gasteiger partial charge in [-0.15, -0.1) is 0 Å². The molecule has 0 bridgehead atoms. The van der Waals surface area contributed by atoms with Crippen molar-refractivity contribution in [1.29, 1.82) is 0 Å². The first-order chi connectivity index (χ1) is 7.84. The van der Waals surface area contributed by atoms with E-state index < -0.39 is 0 Å². The maximum atomic E-state index is 9.56. The van der Waals surface area contributed by atoms with Crippen molar-refractivity contribution < 1.29 is 9.84 Å². The lowest BCUT2D eigenvalue weighted by atomic mass is 10.1. The van der Waals surface area contributed by atoms with Gasteiger partial charge in [-0.25, -0.2) is 0 Å². The molecule has 1 fully saturated rings. The summed E-state index contributed by atoms with van der Waals surface area (Å²) in [6.07, 6.45) is 12.3. The monoisotopic (exact) mass is 228 g/mol. The Bertz CT molecular complexity index is 159. The van der Waals surface area contributed by atoms with Crippen molar-refractivity contribution in [1.82, 2.24) is 0 Å². The molecule has 2 heteroatoms. The van der Waals surface area contributed by atoms with Crippen molar-refractivity contribution in [2.45, 2.75) is 83.3 Å². The first-order valence-corrected chi connectivity index (χ1v) is 7.14. The van der Waals surface area contributed by atoms with E-state index in [-0.39, 0.29) is 12.2 Å². The molecule has 1 saturated carbocycles. The Labute approximate surface area is 100 Å². The largest absolute Gasteiger partial charge is 0.390 e. The summed E-state index contributed by atoms with van der Waals surface area (Å²) in [5.41, 5.74) is 0. The van der Waals surface area contributed by atoms with Crippen LogP contribution in [-0.2, 0) is 4.74 Å². The number of unbranched alkanes of at least 4 members (excludes halogenated alkanes) is 6. The molecular formula is C14H28O2. The molecule has 0 amide bonds. The SMILES string of the molecule is CCCCCCCCCOC1CCCC1O. The zero-order valence-electron chi connectivity index (χ0n) is 10.8. The molecule has 2 atom stereocenters. The van der Waals surface area contributed by atoms with E-state index in [0.717, 1.165) is 32.3 Å². The fourth-order valence-electron chi connectivity index (χ4n) is 2.39. The Morgan fingerprint density at radius 2 is 1.69 bits per heavy atom. The van der Waals surface area contributed by atoms with Gasteiger partial charge in [-0.1, -0.05) is 45.4 Å². The summed E-state index contributed by atoms with van der Waals surface area (Å²) in [5.74, 6) is 0. The van der Waals surface area contributed by atoms with Crippen molar-refractivity contribution in [2.75, 3.05) is 6.61 Å². The molecule has 0 aromatic carbocycles. The van der Waals surface area contributed by atoms with Crippen molar-refractivity contribution in [3.63, 3.8) is 0 Å². The van der Waals surface area contributed by atoms with Crippen molar-refractivity contribution >= 4 is 0 Å². The third kappa shape index (κ3) is 5.86. The zero-order chi connectivity index (χ0) is 11.6. The summed E-state index contributed by atoms with van der Waals surface area (Å²) in [6.45, 7) is 3.09.